The van der Waals surface area contributed by atoms with Gasteiger partial charge in [-0.15, -0.1) is 11.8 Å². The second-order valence-corrected chi connectivity index (χ2v) is 9.97. The van der Waals surface area contributed by atoms with Crippen LogP contribution in [0, 0.1) is 0 Å². The van der Waals surface area contributed by atoms with Gasteiger partial charge in [-0.2, -0.15) is 0 Å². The van der Waals surface area contributed by atoms with Crippen LogP contribution < -0.4 is 14.4 Å². The van der Waals surface area contributed by atoms with Crippen LogP contribution in [0.1, 0.15) is 11.1 Å². The number of methoxy groups -OCH3 is 1. The normalized spacial score (nSPS) is 14.8. The molecule has 4 nitrogen and oxygen atoms in total. The Bertz CT molecular complexity index is 1250. The third-order valence-electron chi connectivity index (χ3n) is 4.93. The zero-order valence-corrected chi connectivity index (χ0v) is 21.1. The molecule has 33 heavy (non-hydrogen) atoms. The number of carbonyl (C=O) groups excluding carboxylic acids is 1. The second-order valence-electron chi connectivity index (χ2n) is 7.01. The Morgan fingerprint density at radius 2 is 1.91 bits per heavy atom. The lowest BCUT2D eigenvalue weighted by atomic mass is 10.1. The number of hydrogen-bond acceptors (Lipinski definition) is 6. The molecule has 3 aromatic carbocycles. The average molecular weight is 514 g/mol. The number of benzene rings is 3. The molecule has 0 bridgehead atoms. The number of thioether (sulfide) groups is 2. The van der Waals surface area contributed by atoms with Gasteiger partial charge < -0.3 is 9.47 Å². The van der Waals surface area contributed by atoms with Crippen LogP contribution in [0.3, 0.4) is 0 Å². The smallest absolute Gasteiger partial charge is 0.270 e. The highest BCUT2D eigenvalue weighted by Crippen LogP contribution is 2.38. The summed E-state index contributed by atoms with van der Waals surface area (Å²) >= 11 is 14.6. The van der Waals surface area contributed by atoms with Gasteiger partial charge in [0.1, 0.15) is 6.61 Å². The summed E-state index contributed by atoms with van der Waals surface area (Å²) in [7, 11) is 1.58. The van der Waals surface area contributed by atoms with Crippen molar-refractivity contribution in [2.45, 2.75) is 11.5 Å². The molecule has 1 aliphatic heterocycles. The van der Waals surface area contributed by atoms with Gasteiger partial charge in [-0.05, 0) is 54.3 Å². The van der Waals surface area contributed by atoms with Crippen molar-refractivity contribution in [1.29, 1.82) is 0 Å². The number of ether oxygens (including phenoxy) is 2. The summed E-state index contributed by atoms with van der Waals surface area (Å²) in [6, 6.07) is 20.9. The van der Waals surface area contributed by atoms with E-state index >= 15 is 0 Å². The lowest BCUT2D eigenvalue weighted by molar-refractivity contribution is -0.113. The first-order chi connectivity index (χ1) is 16.0. The van der Waals surface area contributed by atoms with Crippen LogP contribution in [0.2, 0.25) is 5.02 Å². The summed E-state index contributed by atoms with van der Waals surface area (Å²) in [5.41, 5.74) is 2.48. The summed E-state index contributed by atoms with van der Waals surface area (Å²) in [5.74, 6) is 1.02. The number of anilines is 1. The van der Waals surface area contributed by atoms with Crippen molar-refractivity contribution in [3.05, 3.63) is 87.8 Å². The van der Waals surface area contributed by atoms with Gasteiger partial charge in [-0.1, -0.05) is 65.9 Å². The molecule has 1 saturated heterocycles. The second kappa shape index (κ2) is 10.7. The number of halogens is 1. The van der Waals surface area contributed by atoms with E-state index in [1.807, 2.05) is 79.1 Å². The van der Waals surface area contributed by atoms with E-state index in [1.165, 1.54) is 11.8 Å². The van der Waals surface area contributed by atoms with Gasteiger partial charge in [0, 0.05) is 15.5 Å². The molecular weight excluding hydrogens is 494 g/mol. The van der Waals surface area contributed by atoms with Crippen molar-refractivity contribution in [3.8, 4) is 11.5 Å². The molecule has 4 rings (SSSR count). The Hall–Kier alpha value is -2.45. The third-order valence-corrected chi connectivity index (χ3v) is 7.33. The zero-order valence-electron chi connectivity index (χ0n) is 17.9. The van der Waals surface area contributed by atoms with Crippen LogP contribution in [0.5, 0.6) is 11.5 Å². The SMILES string of the molecule is COc1cc(/C=C2/SC(=S)N(c3cccc(SC)c3)C2=O)ccc1OCc1ccccc1Cl. The molecule has 0 radical (unpaired) electrons. The first-order valence-corrected chi connectivity index (χ1v) is 12.8. The molecule has 0 saturated carbocycles. The standard InChI is InChI=1S/C25H20ClNO3S3/c1-29-22-12-16(10-11-21(22)30-15-17-6-3-4-9-20(17)26)13-23-24(28)27(25(31)33-23)18-7-5-8-19(14-18)32-2/h3-14H,15H2,1-2H3/b23-13+. The topological polar surface area (TPSA) is 38.8 Å². The van der Waals surface area contributed by atoms with Crippen LogP contribution in [0.4, 0.5) is 5.69 Å². The van der Waals surface area contributed by atoms with Crippen LogP contribution in [-0.2, 0) is 11.4 Å². The molecule has 1 heterocycles. The molecule has 1 amide bonds. The third kappa shape index (κ3) is 5.38. The van der Waals surface area contributed by atoms with E-state index < -0.39 is 0 Å². The molecule has 8 heteroatoms. The van der Waals surface area contributed by atoms with E-state index in [0.717, 1.165) is 21.7 Å². The Morgan fingerprint density at radius 3 is 2.67 bits per heavy atom. The van der Waals surface area contributed by atoms with Gasteiger partial charge in [-0.25, -0.2) is 0 Å². The summed E-state index contributed by atoms with van der Waals surface area (Å²) in [4.78, 5) is 16.3. The predicted octanol–water partition coefficient (Wildman–Crippen LogP) is 7.06. The Labute approximate surface area is 211 Å². The molecule has 0 spiro atoms. The van der Waals surface area contributed by atoms with E-state index in [9.17, 15) is 4.79 Å². The fourth-order valence-corrected chi connectivity index (χ4v) is 5.20. The summed E-state index contributed by atoms with van der Waals surface area (Å²) < 4.78 is 11.9. The fourth-order valence-electron chi connectivity index (χ4n) is 3.26. The number of nitrogens with zero attached hydrogens (tertiary/aromatic N) is 1. The molecule has 1 fully saturated rings. The first-order valence-electron chi connectivity index (χ1n) is 9.96. The largest absolute Gasteiger partial charge is 0.493 e. The van der Waals surface area contributed by atoms with E-state index in [-0.39, 0.29) is 5.91 Å². The summed E-state index contributed by atoms with van der Waals surface area (Å²) in [6.07, 6.45) is 3.82. The van der Waals surface area contributed by atoms with Crippen LogP contribution in [0.25, 0.3) is 6.08 Å². The Kier molecular flexibility index (Phi) is 7.65. The highest BCUT2D eigenvalue weighted by molar-refractivity contribution is 8.27. The number of hydrogen-bond donors (Lipinski definition) is 0. The maximum absolute atomic E-state index is 13.1. The highest BCUT2D eigenvalue weighted by atomic mass is 35.5. The molecule has 3 aromatic rings. The van der Waals surface area contributed by atoms with E-state index in [0.29, 0.717) is 32.4 Å². The number of thiocarbonyl (C=S) groups is 1. The minimum atomic E-state index is -0.138. The van der Waals surface area contributed by atoms with Crippen molar-refractivity contribution >= 4 is 69.3 Å². The van der Waals surface area contributed by atoms with Gasteiger partial charge in [0.05, 0.1) is 17.7 Å². The van der Waals surface area contributed by atoms with Crippen molar-refractivity contribution in [2.24, 2.45) is 0 Å². The van der Waals surface area contributed by atoms with Gasteiger partial charge >= 0.3 is 0 Å². The Balaban J connectivity index is 1.54. The quantitative estimate of drug-likeness (QED) is 0.191. The molecule has 0 unspecified atom stereocenters. The van der Waals surface area contributed by atoms with Gasteiger partial charge in [-0.3, -0.25) is 9.69 Å². The van der Waals surface area contributed by atoms with E-state index in [1.54, 1.807) is 23.8 Å². The molecule has 168 valence electrons. The van der Waals surface area contributed by atoms with E-state index in [4.69, 9.17) is 33.3 Å². The lowest BCUT2D eigenvalue weighted by Crippen LogP contribution is -2.27. The van der Waals surface area contributed by atoms with Crippen molar-refractivity contribution < 1.29 is 14.3 Å². The van der Waals surface area contributed by atoms with Crippen LogP contribution >= 0.6 is 47.3 Å². The van der Waals surface area contributed by atoms with Crippen LogP contribution in [0.15, 0.2) is 76.5 Å². The zero-order chi connectivity index (χ0) is 23.4. The van der Waals surface area contributed by atoms with Gasteiger partial charge in [0.15, 0.2) is 15.8 Å². The predicted molar refractivity (Wildman–Crippen MR) is 143 cm³/mol. The molecule has 0 aromatic heterocycles. The van der Waals surface area contributed by atoms with Crippen molar-refractivity contribution in [2.75, 3.05) is 18.3 Å². The van der Waals surface area contributed by atoms with Crippen molar-refractivity contribution in [3.63, 3.8) is 0 Å². The highest BCUT2D eigenvalue weighted by Gasteiger charge is 2.33. The fraction of sp³-hybridized carbons (Fsp3) is 0.120. The maximum atomic E-state index is 13.1. The van der Waals surface area contributed by atoms with Gasteiger partial charge in [0.2, 0.25) is 0 Å². The molecule has 1 aliphatic rings. The Morgan fingerprint density at radius 1 is 1.09 bits per heavy atom. The molecular formula is C25H20ClNO3S3. The minimum absolute atomic E-state index is 0.138. The average Bonchev–Trinajstić information content (AvgIpc) is 3.11. The summed E-state index contributed by atoms with van der Waals surface area (Å²) in [5, 5.41) is 0.651. The first kappa shape index (κ1) is 23.7. The maximum Gasteiger partial charge on any atom is 0.270 e. The number of rotatable bonds is 7. The van der Waals surface area contributed by atoms with Gasteiger partial charge in [0.25, 0.3) is 5.91 Å². The monoisotopic (exact) mass is 513 g/mol. The molecule has 0 aliphatic carbocycles. The minimum Gasteiger partial charge on any atom is -0.493 e. The molecule has 0 N–H and O–H groups in total. The van der Waals surface area contributed by atoms with Crippen LogP contribution in [-0.4, -0.2) is 23.6 Å². The number of amides is 1. The molecule has 0 atom stereocenters. The summed E-state index contributed by atoms with van der Waals surface area (Å²) in [6.45, 7) is 0.323. The van der Waals surface area contributed by atoms with Crippen molar-refractivity contribution in [1.82, 2.24) is 0 Å². The number of carbonyl (C=O) groups is 1. The lowest BCUT2D eigenvalue weighted by Gasteiger charge is -2.15. The van der Waals surface area contributed by atoms with E-state index in [2.05, 4.69) is 0 Å².